The van der Waals surface area contributed by atoms with Crippen LogP contribution in [0.25, 0.3) is 0 Å². The second-order valence-electron chi connectivity index (χ2n) is 3.14. The molecule has 0 fully saturated rings. The van der Waals surface area contributed by atoms with Gasteiger partial charge >= 0.3 is 11.9 Å². The molecule has 0 aliphatic carbocycles. The number of nitrogens with zero attached hydrogens (tertiary/aromatic N) is 1. The van der Waals surface area contributed by atoms with Crippen molar-refractivity contribution in [1.82, 2.24) is 4.90 Å². The van der Waals surface area contributed by atoms with Crippen molar-refractivity contribution in [3.05, 3.63) is 0 Å². The highest BCUT2D eigenvalue weighted by molar-refractivity contribution is 6.31. The second kappa shape index (κ2) is 3.53. The van der Waals surface area contributed by atoms with Gasteiger partial charge in [-0.05, 0) is 13.8 Å². The number of amides is 1. The minimum Gasteiger partial charge on any atom is -0.474 e. The number of carboxylic acids is 1. The van der Waals surface area contributed by atoms with Crippen LogP contribution in [0.3, 0.4) is 0 Å². The topological polar surface area (TPSA) is 77.8 Å². The Kier molecular flexibility index (Phi) is 3.21. The Balaban J connectivity index is 4.49. The Labute approximate surface area is 70.6 Å². The fraction of sp³-hybridized carbons (Fsp3) is 0.714. The molecule has 0 aromatic heterocycles. The third-order valence-electron chi connectivity index (χ3n) is 1.78. The smallest absolute Gasteiger partial charge is 0.394 e. The van der Waals surface area contributed by atoms with Gasteiger partial charge in [0.05, 0.1) is 12.1 Å². The zero-order valence-corrected chi connectivity index (χ0v) is 7.37. The molecular formula is C7H13NO4. The standard InChI is InChI=1S/C7H13NO4/c1-7(2,4-9)8(3)5(10)6(11)12/h9H,4H2,1-3H3,(H,11,12). The van der Waals surface area contributed by atoms with E-state index in [-0.39, 0.29) is 6.61 Å². The number of carbonyl (C=O) groups is 2. The van der Waals surface area contributed by atoms with E-state index in [9.17, 15) is 9.59 Å². The minimum atomic E-state index is -1.51. The number of carboxylic acid groups (broad SMARTS) is 1. The summed E-state index contributed by atoms with van der Waals surface area (Å²) in [6.45, 7) is 2.88. The molecular weight excluding hydrogens is 162 g/mol. The lowest BCUT2D eigenvalue weighted by Crippen LogP contribution is -2.50. The Hall–Kier alpha value is -1.10. The molecule has 0 aromatic rings. The van der Waals surface area contributed by atoms with E-state index in [1.807, 2.05) is 0 Å². The third-order valence-corrected chi connectivity index (χ3v) is 1.78. The van der Waals surface area contributed by atoms with Gasteiger partial charge in [0.2, 0.25) is 0 Å². The van der Waals surface area contributed by atoms with Crippen molar-refractivity contribution in [3.8, 4) is 0 Å². The van der Waals surface area contributed by atoms with Crippen molar-refractivity contribution in [2.75, 3.05) is 13.7 Å². The molecule has 12 heavy (non-hydrogen) atoms. The lowest BCUT2D eigenvalue weighted by Gasteiger charge is -2.32. The monoisotopic (exact) mass is 175 g/mol. The fourth-order valence-electron chi connectivity index (χ4n) is 0.524. The van der Waals surface area contributed by atoms with Gasteiger partial charge in [0.15, 0.2) is 0 Å². The number of aliphatic carboxylic acids is 1. The summed E-state index contributed by atoms with van der Waals surface area (Å²) in [6, 6.07) is 0. The normalized spacial score (nSPS) is 11.0. The van der Waals surface area contributed by atoms with Gasteiger partial charge in [-0.1, -0.05) is 0 Å². The first-order chi connectivity index (χ1) is 5.33. The predicted molar refractivity (Wildman–Crippen MR) is 41.6 cm³/mol. The zero-order chi connectivity index (χ0) is 9.94. The molecule has 1 amide bonds. The summed E-state index contributed by atoms with van der Waals surface area (Å²) in [6.07, 6.45) is 0. The Morgan fingerprint density at radius 3 is 2.08 bits per heavy atom. The van der Waals surface area contributed by atoms with Crippen LogP contribution in [0.5, 0.6) is 0 Å². The van der Waals surface area contributed by atoms with Crippen molar-refractivity contribution >= 4 is 11.9 Å². The van der Waals surface area contributed by atoms with Crippen LogP contribution < -0.4 is 0 Å². The summed E-state index contributed by atoms with van der Waals surface area (Å²) in [4.78, 5) is 22.1. The summed E-state index contributed by atoms with van der Waals surface area (Å²) < 4.78 is 0. The lowest BCUT2D eigenvalue weighted by molar-refractivity contribution is -0.158. The third kappa shape index (κ3) is 2.20. The summed E-state index contributed by atoms with van der Waals surface area (Å²) in [5.41, 5.74) is -0.838. The maximum absolute atomic E-state index is 10.9. The molecule has 0 aromatic carbocycles. The van der Waals surface area contributed by atoms with Crippen LogP contribution in [0, 0.1) is 0 Å². The van der Waals surface area contributed by atoms with E-state index in [0.29, 0.717) is 0 Å². The van der Waals surface area contributed by atoms with Crippen molar-refractivity contribution in [3.63, 3.8) is 0 Å². The molecule has 5 heteroatoms. The van der Waals surface area contributed by atoms with Crippen molar-refractivity contribution in [1.29, 1.82) is 0 Å². The molecule has 5 nitrogen and oxygen atoms in total. The van der Waals surface area contributed by atoms with Gasteiger partial charge in [-0.25, -0.2) is 4.79 Å². The Bertz CT molecular complexity index is 200. The van der Waals surface area contributed by atoms with Crippen molar-refractivity contribution in [2.45, 2.75) is 19.4 Å². The van der Waals surface area contributed by atoms with E-state index >= 15 is 0 Å². The Morgan fingerprint density at radius 1 is 1.42 bits per heavy atom. The highest BCUT2D eigenvalue weighted by Crippen LogP contribution is 2.10. The van der Waals surface area contributed by atoms with E-state index in [2.05, 4.69) is 0 Å². The van der Waals surface area contributed by atoms with Crippen molar-refractivity contribution < 1.29 is 19.8 Å². The quantitative estimate of drug-likeness (QED) is 0.544. The van der Waals surface area contributed by atoms with Crippen LogP contribution in [-0.4, -0.2) is 46.2 Å². The fourth-order valence-corrected chi connectivity index (χ4v) is 0.524. The number of aliphatic hydroxyl groups is 1. The SMILES string of the molecule is CN(C(=O)C(=O)O)C(C)(C)CO. The summed E-state index contributed by atoms with van der Waals surface area (Å²) in [5.74, 6) is -2.53. The van der Waals surface area contributed by atoms with E-state index in [1.165, 1.54) is 7.05 Å². The molecule has 0 bridgehead atoms. The van der Waals surface area contributed by atoms with Crippen LogP contribution in [-0.2, 0) is 9.59 Å². The summed E-state index contributed by atoms with van der Waals surface area (Å²) in [5, 5.41) is 17.1. The van der Waals surface area contributed by atoms with Crippen LogP contribution in [0.2, 0.25) is 0 Å². The number of hydrogen-bond acceptors (Lipinski definition) is 3. The van der Waals surface area contributed by atoms with E-state index in [1.54, 1.807) is 13.8 Å². The summed E-state index contributed by atoms with van der Waals surface area (Å²) in [7, 11) is 1.34. The van der Waals surface area contributed by atoms with E-state index in [0.717, 1.165) is 4.90 Å². The molecule has 0 aliphatic rings. The lowest BCUT2D eigenvalue weighted by atomic mass is 10.1. The highest BCUT2D eigenvalue weighted by atomic mass is 16.4. The number of aliphatic hydroxyl groups excluding tert-OH is 1. The average molecular weight is 175 g/mol. The minimum absolute atomic E-state index is 0.275. The Morgan fingerprint density at radius 2 is 1.83 bits per heavy atom. The number of hydrogen-bond donors (Lipinski definition) is 2. The number of carbonyl (C=O) groups excluding carboxylic acids is 1. The van der Waals surface area contributed by atoms with Crippen LogP contribution in [0.15, 0.2) is 0 Å². The van der Waals surface area contributed by atoms with Gasteiger partial charge in [0, 0.05) is 7.05 Å². The van der Waals surface area contributed by atoms with Gasteiger partial charge < -0.3 is 15.1 Å². The van der Waals surface area contributed by atoms with Crippen LogP contribution >= 0.6 is 0 Å². The van der Waals surface area contributed by atoms with E-state index < -0.39 is 17.4 Å². The van der Waals surface area contributed by atoms with Crippen LogP contribution in [0.1, 0.15) is 13.8 Å². The van der Waals surface area contributed by atoms with Gasteiger partial charge in [0.25, 0.3) is 0 Å². The summed E-state index contributed by atoms with van der Waals surface area (Å²) >= 11 is 0. The molecule has 0 heterocycles. The average Bonchev–Trinajstić information content (AvgIpc) is 2.01. The predicted octanol–water partition coefficient (Wildman–Crippen LogP) is -0.700. The maximum atomic E-state index is 10.9. The first-order valence-electron chi connectivity index (χ1n) is 3.45. The molecule has 0 saturated heterocycles. The largest absolute Gasteiger partial charge is 0.474 e. The second-order valence-corrected chi connectivity index (χ2v) is 3.14. The number of rotatable bonds is 2. The first-order valence-corrected chi connectivity index (χ1v) is 3.45. The van der Waals surface area contributed by atoms with Crippen LogP contribution in [0.4, 0.5) is 0 Å². The molecule has 70 valence electrons. The maximum Gasteiger partial charge on any atom is 0.394 e. The zero-order valence-electron chi connectivity index (χ0n) is 7.37. The molecule has 0 spiro atoms. The van der Waals surface area contributed by atoms with Gasteiger partial charge in [0.1, 0.15) is 0 Å². The molecule has 2 N–H and O–H groups in total. The molecule has 0 radical (unpaired) electrons. The molecule has 0 rings (SSSR count). The molecule has 0 unspecified atom stereocenters. The number of likely N-dealkylation sites (N-methyl/N-ethyl adjacent to an activating group) is 1. The first kappa shape index (κ1) is 10.9. The van der Waals surface area contributed by atoms with Crippen molar-refractivity contribution in [2.24, 2.45) is 0 Å². The van der Waals surface area contributed by atoms with Gasteiger partial charge in [-0.2, -0.15) is 0 Å². The van der Waals surface area contributed by atoms with Gasteiger partial charge in [-0.3, -0.25) is 4.79 Å². The van der Waals surface area contributed by atoms with E-state index in [4.69, 9.17) is 10.2 Å². The highest BCUT2D eigenvalue weighted by Gasteiger charge is 2.30. The molecule has 0 atom stereocenters. The molecule has 0 saturated carbocycles. The van der Waals surface area contributed by atoms with Gasteiger partial charge in [-0.15, -0.1) is 0 Å². The molecule has 0 aliphatic heterocycles.